The Kier molecular flexibility index (Phi) is 26.0. The first-order valence-corrected chi connectivity index (χ1v) is 23.5. The summed E-state index contributed by atoms with van der Waals surface area (Å²) < 4.78 is 79.4. The van der Waals surface area contributed by atoms with Crippen molar-refractivity contribution in [3.05, 3.63) is 144 Å². The van der Waals surface area contributed by atoms with Gasteiger partial charge in [0.05, 0.1) is 11.1 Å². The van der Waals surface area contributed by atoms with Crippen LogP contribution in [0.1, 0.15) is 105 Å². The maximum atomic E-state index is 13.5. The van der Waals surface area contributed by atoms with Crippen molar-refractivity contribution in [2.75, 3.05) is 26.2 Å². The number of hydrogen-bond donors (Lipinski definition) is 4. The van der Waals surface area contributed by atoms with Gasteiger partial charge in [-0.05, 0) is 125 Å². The Hall–Kier alpha value is -5.41. The summed E-state index contributed by atoms with van der Waals surface area (Å²) in [5, 5.41) is 26.4. The Morgan fingerprint density at radius 1 is 0.652 bits per heavy atom. The molecule has 0 saturated heterocycles. The summed E-state index contributed by atoms with van der Waals surface area (Å²) in [6.45, 7) is 13.3. The molecule has 370 valence electrons. The minimum atomic E-state index is -4.44. The van der Waals surface area contributed by atoms with E-state index in [1.807, 2.05) is 37.3 Å². The summed E-state index contributed by atoms with van der Waals surface area (Å²) in [5.74, 6) is -0.160. The lowest BCUT2D eigenvalue weighted by molar-refractivity contribution is -0.138. The van der Waals surface area contributed by atoms with Gasteiger partial charge in [0.1, 0.15) is 0 Å². The first kappa shape index (κ1) is 57.9. The molecule has 69 heavy (non-hydrogen) atoms. The number of primary amides is 1. The minimum absolute atomic E-state index is 0.160. The van der Waals surface area contributed by atoms with E-state index < -0.39 is 23.5 Å². The highest BCUT2D eigenvalue weighted by molar-refractivity contribution is 6.46. The molecule has 0 fully saturated rings. The molecule has 0 aliphatic carbocycles. The molecule has 5 N–H and O–H groups in total. The third-order valence-corrected chi connectivity index (χ3v) is 11.7. The fourth-order valence-electron chi connectivity index (χ4n) is 8.07. The Bertz CT molecular complexity index is 2290. The molecule has 8 nitrogen and oxygen atoms in total. The molecule has 16 heteroatoms. The molecule has 5 aromatic carbocycles. The van der Waals surface area contributed by atoms with Crippen molar-refractivity contribution in [2.45, 2.75) is 110 Å². The van der Waals surface area contributed by atoms with Gasteiger partial charge in [0.15, 0.2) is 0 Å². The predicted octanol–water partition coefficient (Wildman–Crippen LogP) is 9.90. The van der Waals surface area contributed by atoms with E-state index in [1.54, 1.807) is 0 Å². The van der Waals surface area contributed by atoms with Crippen LogP contribution in [0, 0.1) is 0 Å². The second kappa shape index (κ2) is 30.9. The highest BCUT2D eigenvalue weighted by Crippen LogP contribution is 2.32. The molecule has 0 heterocycles. The molecule has 5 aromatic rings. The molecule has 0 spiro atoms. The van der Waals surface area contributed by atoms with E-state index >= 15 is 0 Å². The molecule has 0 aromatic heterocycles. The molecule has 2 amide bonds. The van der Waals surface area contributed by atoms with E-state index in [4.69, 9.17) is 4.79 Å². The first-order valence-electron chi connectivity index (χ1n) is 23.5. The molecule has 0 atom stereocenters. The number of hydrogen-bond acceptors (Lipinski definition) is 6. The number of rotatable bonds is 26. The highest BCUT2D eigenvalue weighted by atomic mass is 19.4. The summed E-state index contributed by atoms with van der Waals surface area (Å²) in [6.07, 6.45) is 6.00. The van der Waals surface area contributed by atoms with Gasteiger partial charge in [-0.15, -0.1) is 6.58 Å². The smallest absolute Gasteiger partial charge is 0.416 e. The molecular weight excluding hydrogens is 892 g/mol. The standard InChI is InChI=1S/C32H34BF3NO.C20H29BF3N2O2.CH3NO/c1-2-3-4-5-6-7-12-19-37(22-26-21-27(32(34,35)36)17-18-31(26)33-38)23-30-28-15-10-8-13-24(28)20-25-14-9-11-16-29(25)30;1-3-19(27)25-12-8-6-5-7-9-13-26(4-2)15-16-14-17(20(22,23)24)10-11-18(16)21-28;2-1-3/h2,8-11,13-18,20-21,38H,1,3-7,12,19,22-23H2;3,10-11,14,28H,1,4-9,12-13,15H2,2H3,(H,25,27);1H,(H2,2,3). The number of benzene rings is 5. The fourth-order valence-corrected chi connectivity index (χ4v) is 8.07. The quantitative estimate of drug-likeness (QED) is 0.00834. The van der Waals surface area contributed by atoms with Crippen molar-refractivity contribution in [1.29, 1.82) is 0 Å². The molecule has 0 aliphatic rings. The van der Waals surface area contributed by atoms with Crippen molar-refractivity contribution in [3.63, 3.8) is 0 Å². The largest absolute Gasteiger partial charge is 0.450 e. The number of halogens is 6. The number of allylic oxidation sites excluding steroid dienone is 1. The summed E-state index contributed by atoms with van der Waals surface area (Å²) >= 11 is 0. The van der Waals surface area contributed by atoms with Crippen molar-refractivity contribution >= 4 is 59.8 Å². The number of alkyl halides is 6. The van der Waals surface area contributed by atoms with Crippen LogP contribution in [0.2, 0.25) is 0 Å². The summed E-state index contributed by atoms with van der Waals surface area (Å²) in [6, 6.07) is 25.7. The number of amides is 2. The SMILES string of the molecule is C=CC(=O)NCCCCCCCN(CC)Cc1cc(C(F)(F)F)ccc1[B]O.C=CCCCCCCCN(Cc1cc(C(F)(F)F)ccc1[B]O)Cc1c2ccccc2cc2ccccc12.NC=O. The summed E-state index contributed by atoms with van der Waals surface area (Å²) in [5.41, 5.74) is 5.70. The monoisotopic (exact) mass is 959 g/mol. The Balaban J connectivity index is 0.000000361. The third-order valence-electron chi connectivity index (χ3n) is 11.7. The zero-order valence-corrected chi connectivity index (χ0v) is 39.6. The number of nitrogens with one attached hydrogen (secondary N) is 1. The highest BCUT2D eigenvalue weighted by Gasteiger charge is 2.32. The maximum Gasteiger partial charge on any atom is 0.416 e. The van der Waals surface area contributed by atoms with Crippen LogP contribution in [-0.4, -0.2) is 73.3 Å². The molecule has 0 saturated carbocycles. The lowest BCUT2D eigenvalue weighted by Crippen LogP contribution is -2.30. The van der Waals surface area contributed by atoms with Gasteiger partial charge < -0.3 is 21.1 Å². The van der Waals surface area contributed by atoms with Crippen molar-refractivity contribution < 1.29 is 46.0 Å². The number of nitrogens with zero attached hydrogens (tertiary/aromatic N) is 2. The van der Waals surface area contributed by atoms with Gasteiger partial charge in [-0.2, -0.15) is 26.3 Å². The number of carbonyl (C=O) groups is 2. The molecule has 0 bridgehead atoms. The zero-order valence-electron chi connectivity index (χ0n) is 39.6. The van der Waals surface area contributed by atoms with Crippen LogP contribution in [0.25, 0.3) is 21.5 Å². The van der Waals surface area contributed by atoms with Gasteiger partial charge in [-0.3, -0.25) is 19.4 Å². The van der Waals surface area contributed by atoms with Crippen LogP contribution < -0.4 is 22.0 Å². The van der Waals surface area contributed by atoms with Crippen LogP contribution in [-0.2, 0) is 41.6 Å². The van der Waals surface area contributed by atoms with Gasteiger partial charge in [-0.1, -0.05) is 131 Å². The van der Waals surface area contributed by atoms with E-state index in [2.05, 4.69) is 64.3 Å². The Labute approximate surface area is 405 Å². The average Bonchev–Trinajstić information content (AvgIpc) is 3.33. The van der Waals surface area contributed by atoms with Gasteiger partial charge in [0.25, 0.3) is 0 Å². The Morgan fingerprint density at radius 2 is 1.10 bits per heavy atom. The Morgan fingerprint density at radius 3 is 1.57 bits per heavy atom. The molecular formula is C53H66B2F6N4O4. The zero-order chi connectivity index (χ0) is 50.7. The fraction of sp³-hybridized carbons (Fsp3) is 0.396. The lowest BCUT2D eigenvalue weighted by Gasteiger charge is -2.26. The predicted molar refractivity (Wildman–Crippen MR) is 269 cm³/mol. The maximum absolute atomic E-state index is 13.5. The second-order valence-electron chi connectivity index (χ2n) is 16.7. The topological polar surface area (TPSA) is 119 Å². The van der Waals surface area contributed by atoms with E-state index in [9.17, 15) is 41.2 Å². The van der Waals surface area contributed by atoms with E-state index in [1.165, 1.54) is 29.8 Å². The molecule has 0 unspecified atom stereocenters. The number of fused-ring (bicyclic) bond motifs is 2. The number of nitrogens with two attached hydrogens (primary N) is 1. The molecule has 5 rings (SSSR count). The van der Waals surface area contributed by atoms with Gasteiger partial charge in [0, 0.05) is 26.2 Å². The van der Waals surface area contributed by atoms with Crippen LogP contribution in [0.3, 0.4) is 0 Å². The van der Waals surface area contributed by atoms with Gasteiger partial charge in [0.2, 0.25) is 12.3 Å². The third kappa shape index (κ3) is 20.2. The number of unbranched alkanes of at least 4 members (excludes halogenated alkanes) is 9. The van der Waals surface area contributed by atoms with E-state index in [0.717, 1.165) is 138 Å². The summed E-state index contributed by atoms with van der Waals surface area (Å²) in [4.78, 5) is 23.9. The number of carbonyl (C=O) groups excluding carboxylic acids is 2. The first-order chi connectivity index (χ1) is 33.1. The average molecular weight is 959 g/mol. The normalized spacial score (nSPS) is 11.4. The van der Waals surface area contributed by atoms with E-state index in [-0.39, 0.29) is 12.3 Å². The van der Waals surface area contributed by atoms with E-state index in [0.29, 0.717) is 54.8 Å². The minimum Gasteiger partial charge on any atom is -0.450 e. The van der Waals surface area contributed by atoms with Crippen molar-refractivity contribution in [2.24, 2.45) is 5.73 Å². The van der Waals surface area contributed by atoms with Crippen molar-refractivity contribution in [1.82, 2.24) is 15.1 Å². The van der Waals surface area contributed by atoms with Crippen molar-refractivity contribution in [3.8, 4) is 0 Å². The van der Waals surface area contributed by atoms with Gasteiger partial charge in [-0.25, -0.2) is 0 Å². The summed E-state index contributed by atoms with van der Waals surface area (Å²) in [7, 11) is 1.76. The van der Waals surface area contributed by atoms with Crippen LogP contribution in [0.15, 0.2) is 116 Å². The lowest BCUT2D eigenvalue weighted by atomic mass is 9.83. The van der Waals surface area contributed by atoms with Crippen LogP contribution in [0.5, 0.6) is 0 Å². The van der Waals surface area contributed by atoms with Gasteiger partial charge >= 0.3 is 27.3 Å². The molecule has 2 radical (unpaired) electrons. The second-order valence-corrected chi connectivity index (χ2v) is 16.7. The van der Waals surface area contributed by atoms with Crippen LogP contribution in [0.4, 0.5) is 26.3 Å². The van der Waals surface area contributed by atoms with Crippen LogP contribution >= 0.6 is 0 Å². The molecule has 0 aliphatic heterocycles.